The van der Waals surface area contributed by atoms with Crippen LogP contribution in [0.4, 0.5) is 0 Å². The minimum atomic E-state index is -1.49. The molecule has 0 bridgehead atoms. The Bertz CT molecular complexity index is 1100. The van der Waals surface area contributed by atoms with Crippen molar-refractivity contribution in [3.8, 4) is 6.07 Å². The van der Waals surface area contributed by atoms with Crippen LogP contribution >= 0.6 is 15.9 Å². The van der Waals surface area contributed by atoms with Crippen LogP contribution in [0, 0.1) is 11.3 Å². The Morgan fingerprint density at radius 1 is 1.40 bits per heavy atom. The van der Waals surface area contributed by atoms with Gasteiger partial charge in [0.1, 0.15) is 5.65 Å². The molecule has 25 heavy (non-hydrogen) atoms. The molecule has 3 aromatic rings. The third-order valence-corrected chi connectivity index (χ3v) is 4.53. The van der Waals surface area contributed by atoms with E-state index in [4.69, 9.17) is 4.74 Å². The van der Waals surface area contributed by atoms with Gasteiger partial charge in [-0.1, -0.05) is 6.07 Å². The van der Waals surface area contributed by atoms with Crippen molar-refractivity contribution in [3.63, 3.8) is 0 Å². The monoisotopic (exact) mass is 399 g/mol. The van der Waals surface area contributed by atoms with Gasteiger partial charge in [0.2, 0.25) is 0 Å². The van der Waals surface area contributed by atoms with Gasteiger partial charge in [0, 0.05) is 10.7 Å². The van der Waals surface area contributed by atoms with Gasteiger partial charge in [0.05, 0.1) is 23.6 Å². The Balaban J connectivity index is 2.28. The van der Waals surface area contributed by atoms with Crippen molar-refractivity contribution in [3.05, 3.63) is 56.9 Å². The number of pyridine rings is 1. The first-order valence-corrected chi connectivity index (χ1v) is 8.40. The summed E-state index contributed by atoms with van der Waals surface area (Å²) >= 11 is 3.33. The highest BCUT2D eigenvalue weighted by molar-refractivity contribution is 9.10. The van der Waals surface area contributed by atoms with E-state index in [0.29, 0.717) is 22.1 Å². The Hall–Kier alpha value is -2.72. The number of benzene rings is 1. The maximum atomic E-state index is 12.8. The van der Waals surface area contributed by atoms with Crippen LogP contribution in [0.15, 0.2) is 45.8 Å². The van der Waals surface area contributed by atoms with Gasteiger partial charge in [-0.05, 0) is 59.6 Å². The zero-order valence-corrected chi connectivity index (χ0v) is 15.2. The van der Waals surface area contributed by atoms with Gasteiger partial charge in [-0.25, -0.2) is 9.78 Å². The van der Waals surface area contributed by atoms with E-state index in [0.717, 1.165) is 4.47 Å². The molecule has 2 heterocycles. The van der Waals surface area contributed by atoms with E-state index in [9.17, 15) is 14.9 Å². The van der Waals surface area contributed by atoms with Crippen molar-refractivity contribution >= 4 is 38.4 Å². The molecule has 0 amide bonds. The molecule has 0 aliphatic rings. The van der Waals surface area contributed by atoms with Crippen LogP contribution < -0.4 is 5.56 Å². The Morgan fingerprint density at radius 2 is 2.16 bits per heavy atom. The number of halogens is 1. The van der Waals surface area contributed by atoms with Crippen LogP contribution in [0.2, 0.25) is 0 Å². The predicted molar refractivity (Wildman–Crippen MR) is 96.3 cm³/mol. The molecule has 0 aliphatic heterocycles. The number of rotatable bonds is 3. The summed E-state index contributed by atoms with van der Waals surface area (Å²) in [6, 6.07) is 10.3. The molecular weight excluding hydrogens is 386 g/mol. The van der Waals surface area contributed by atoms with Crippen molar-refractivity contribution in [2.75, 3.05) is 6.61 Å². The highest BCUT2D eigenvalue weighted by atomic mass is 79.9. The van der Waals surface area contributed by atoms with Crippen LogP contribution in [0.25, 0.3) is 16.6 Å². The molecule has 0 saturated carbocycles. The number of ether oxygens (including phenoxy) is 1. The minimum Gasteiger partial charge on any atom is -0.465 e. The largest absolute Gasteiger partial charge is 0.465 e. The van der Waals surface area contributed by atoms with Crippen LogP contribution in [-0.4, -0.2) is 22.0 Å². The fourth-order valence-corrected chi connectivity index (χ4v) is 2.93. The average Bonchev–Trinajstić information content (AvgIpc) is 2.62. The van der Waals surface area contributed by atoms with Crippen LogP contribution in [0.5, 0.6) is 0 Å². The zero-order chi connectivity index (χ0) is 18.2. The molecule has 0 spiro atoms. The summed E-state index contributed by atoms with van der Waals surface area (Å²) in [5, 5.41) is 9.86. The number of hydrogen-bond donors (Lipinski definition) is 0. The number of nitrogens with zero attached hydrogens (tertiary/aromatic N) is 3. The quantitative estimate of drug-likeness (QED) is 0.499. The van der Waals surface area contributed by atoms with Crippen molar-refractivity contribution in [2.24, 2.45) is 0 Å². The summed E-state index contributed by atoms with van der Waals surface area (Å²) in [6.07, 6.45) is 1.63. The van der Waals surface area contributed by atoms with Gasteiger partial charge in [-0.15, -0.1) is 0 Å². The van der Waals surface area contributed by atoms with Gasteiger partial charge < -0.3 is 4.74 Å². The van der Waals surface area contributed by atoms with Gasteiger partial charge in [0.25, 0.3) is 5.56 Å². The molecule has 1 aromatic carbocycles. The van der Waals surface area contributed by atoms with E-state index < -0.39 is 11.4 Å². The third-order valence-electron chi connectivity index (χ3n) is 4.06. The lowest BCUT2D eigenvalue weighted by molar-refractivity contribution is -0.147. The van der Waals surface area contributed by atoms with Crippen LogP contribution in [0.1, 0.15) is 19.4 Å². The van der Waals surface area contributed by atoms with E-state index >= 15 is 0 Å². The second-order valence-electron chi connectivity index (χ2n) is 5.68. The minimum absolute atomic E-state index is 0.173. The molecule has 0 radical (unpaired) electrons. The number of hydrogen-bond acceptors (Lipinski definition) is 5. The van der Waals surface area contributed by atoms with Gasteiger partial charge in [0.15, 0.2) is 5.41 Å². The summed E-state index contributed by atoms with van der Waals surface area (Å²) < 4.78 is 7.18. The molecule has 7 heteroatoms. The summed E-state index contributed by atoms with van der Waals surface area (Å²) in [6.45, 7) is 3.33. The number of carbonyl (C=O) groups excluding carboxylic acids is 1. The summed E-state index contributed by atoms with van der Waals surface area (Å²) in [7, 11) is 0. The lowest BCUT2D eigenvalue weighted by Crippen LogP contribution is -2.33. The van der Waals surface area contributed by atoms with Crippen molar-refractivity contribution in [2.45, 2.75) is 19.3 Å². The Morgan fingerprint density at radius 3 is 2.84 bits per heavy atom. The Labute approximate surface area is 151 Å². The molecule has 0 aliphatic carbocycles. The normalized spacial score (nSPS) is 13.4. The van der Waals surface area contributed by atoms with Crippen molar-refractivity contribution < 1.29 is 9.53 Å². The van der Waals surface area contributed by atoms with Crippen molar-refractivity contribution in [1.82, 2.24) is 9.38 Å². The smallest absolute Gasteiger partial charge is 0.330 e. The molecule has 2 aromatic heterocycles. The van der Waals surface area contributed by atoms with Crippen LogP contribution in [0.3, 0.4) is 0 Å². The van der Waals surface area contributed by atoms with Gasteiger partial charge in [-0.3, -0.25) is 9.20 Å². The number of nitriles is 1. The van der Waals surface area contributed by atoms with E-state index in [1.807, 2.05) is 6.07 Å². The molecule has 1 atom stereocenters. The first-order valence-electron chi connectivity index (χ1n) is 7.61. The van der Waals surface area contributed by atoms with Gasteiger partial charge >= 0.3 is 5.97 Å². The molecule has 126 valence electrons. The first-order chi connectivity index (χ1) is 11.9. The molecule has 0 fully saturated rings. The fraction of sp³-hybridized carbons (Fsp3) is 0.222. The third kappa shape index (κ3) is 2.79. The lowest BCUT2D eigenvalue weighted by atomic mass is 9.83. The molecule has 0 N–H and O–H groups in total. The van der Waals surface area contributed by atoms with E-state index in [1.165, 1.54) is 17.4 Å². The molecule has 3 rings (SSSR count). The zero-order valence-electron chi connectivity index (χ0n) is 13.6. The molecule has 1 unspecified atom stereocenters. The van der Waals surface area contributed by atoms with Gasteiger partial charge in [-0.2, -0.15) is 5.26 Å². The number of aromatic nitrogens is 2. The van der Waals surface area contributed by atoms with Crippen molar-refractivity contribution in [1.29, 1.82) is 5.26 Å². The maximum Gasteiger partial charge on any atom is 0.330 e. The molecule has 0 saturated heterocycles. The van der Waals surface area contributed by atoms with E-state index in [-0.39, 0.29) is 12.2 Å². The molecule has 6 nitrogen and oxygen atoms in total. The summed E-state index contributed by atoms with van der Waals surface area (Å²) in [4.78, 5) is 29.5. The second kappa shape index (κ2) is 6.30. The Kier molecular flexibility index (Phi) is 4.31. The first kappa shape index (κ1) is 17.1. The second-order valence-corrected chi connectivity index (χ2v) is 6.60. The van der Waals surface area contributed by atoms with E-state index in [2.05, 4.69) is 20.9 Å². The van der Waals surface area contributed by atoms with Crippen LogP contribution in [-0.2, 0) is 14.9 Å². The average molecular weight is 400 g/mol. The lowest BCUT2D eigenvalue weighted by Gasteiger charge is -2.20. The topological polar surface area (TPSA) is 84.5 Å². The SMILES string of the molecule is CCOC(=O)C(C)(C#N)c1ccc2nc3ccc(Br)cn3c(=O)c2c1. The highest BCUT2D eigenvalue weighted by Crippen LogP contribution is 2.27. The summed E-state index contributed by atoms with van der Waals surface area (Å²) in [5.41, 5.74) is -0.350. The number of fused-ring (bicyclic) bond motifs is 2. The maximum absolute atomic E-state index is 12.8. The number of esters is 1. The summed E-state index contributed by atoms with van der Waals surface area (Å²) in [5.74, 6) is -0.645. The standard InChI is InChI=1S/C18H14BrN3O3/c1-3-25-17(24)18(2,10-20)11-4-6-14-13(8-11)16(23)22-9-12(19)5-7-15(22)21-14/h4-9H,3H2,1-2H3. The molecular formula is C18H14BrN3O3. The predicted octanol–water partition coefficient (Wildman–Crippen LogP) is 2.95. The highest BCUT2D eigenvalue weighted by Gasteiger charge is 2.37. The number of carbonyl (C=O) groups is 1. The fourth-order valence-electron chi connectivity index (χ4n) is 2.59. The van der Waals surface area contributed by atoms with E-state index in [1.54, 1.807) is 37.4 Å².